The summed E-state index contributed by atoms with van der Waals surface area (Å²) < 4.78 is 0.288. The molecule has 1 aromatic carbocycles. The van der Waals surface area contributed by atoms with Gasteiger partial charge < -0.3 is 10.0 Å². The molecule has 1 saturated heterocycles. The fourth-order valence-electron chi connectivity index (χ4n) is 2.99. The number of aliphatic carboxylic acids is 1. The highest BCUT2D eigenvalue weighted by atomic mass is 32.2. The van der Waals surface area contributed by atoms with Gasteiger partial charge in [0.15, 0.2) is 0 Å². The molecule has 6 nitrogen and oxygen atoms in total. The first-order valence-electron chi connectivity index (χ1n) is 8.36. The van der Waals surface area contributed by atoms with Crippen molar-refractivity contribution in [1.82, 2.24) is 4.90 Å². The molecule has 1 aromatic rings. The molecule has 3 rings (SSSR count). The minimum absolute atomic E-state index is 0.00612. The molecule has 0 aromatic heterocycles. The molecule has 1 fully saturated rings. The van der Waals surface area contributed by atoms with Crippen molar-refractivity contribution >= 4 is 57.3 Å². The van der Waals surface area contributed by atoms with E-state index in [1.165, 1.54) is 4.90 Å². The minimum atomic E-state index is -1.00. The lowest BCUT2D eigenvalue weighted by Crippen LogP contribution is -2.31. The van der Waals surface area contributed by atoms with Gasteiger partial charge in [-0.3, -0.25) is 19.3 Å². The van der Waals surface area contributed by atoms with Crippen LogP contribution in [0.5, 0.6) is 0 Å². The molecule has 0 saturated carbocycles. The molecule has 0 unspecified atom stereocenters. The highest BCUT2D eigenvalue weighted by Gasteiger charge is 2.41. The number of hydrogen-bond donors (Lipinski definition) is 1. The number of fused-ring (bicyclic) bond motifs is 1. The van der Waals surface area contributed by atoms with E-state index in [-0.39, 0.29) is 28.1 Å². The van der Waals surface area contributed by atoms with Crippen molar-refractivity contribution in [1.29, 1.82) is 0 Å². The summed E-state index contributed by atoms with van der Waals surface area (Å²) in [6.07, 6.45) is 1.63. The van der Waals surface area contributed by atoms with Crippen LogP contribution in [-0.2, 0) is 14.4 Å². The van der Waals surface area contributed by atoms with Crippen molar-refractivity contribution in [3.05, 3.63) is 34.7 Å². The molecule has 2 amide bonds. The number of carboxylic acid groups (broad SMARTS) is 1. The van der Waals surface area contributed by atoms with E-state index in [0.29, 0.717) is 12.1 Å². The molecule has 0 spiro atoms. The van der Waals surface area contributed by atoms with Gasteiger partial charge in [0.25, 0.3) is 11.8 Å². The fraction of sp³-hybridized carbons (Fsp3) is 0.333. The summed E-state index contributed by atoms with van der Waals surface area (Å²) in [5, 5.41) is 8.85. The van der Waals surface area contributed by atoms with E-state index in [9.17, 15) is 14.4 Å². The Morgan fingerprint density at radius 2 is 1.88 bits per heavy atom. The van der Waals surface area contributed by atoms with Crippen LogP contribution in [0, 0.1) is 0 Å². The second kappa shape index (κ2) is 7.59. The topological polar surface area (TPSA) is 77.9 Å². The van der Waals surface area contributed by atoms with Crippen molar-refractivity contribution in [3.8, 4) is 0 Å². The first-order chi connectivity index (χ1) is 12.5. The SMILES string of the molecule is CCCCN1C(=O)/C(=C2/SC(=S)N(CCC(=O)O)C2=O)c2ccccc21. The number of carbonyl (C=O) groups is 3. The Morgan fingerprint density at radius 3 is 2.58 bits per heavy atom. The average Bonchev–Trinajstić information content (AvgIpc) is 3.04. The molecule has 0 atom stereocenters. The van der Waals surface area contributed by atoms with Crippen molar-refractivity contribution in [2.75, 3.05) is 18.0 Å². The van der Waals surface area contributed by atoms with Gasteiger partial charge in [-0.1, -0.05) is 55.5 Å². The van der Waals surface area contributed by atoms with E-state index in [1.54, 1.807) is 4.90 Å². The smallest absolute Gasteiger partial charge is 0.305 e. The third-order valence-corrected chi connectivity index (χ3v) is 5.73. The number of amides is 2. The van der Waals surface area contributed by atoms with Gasteiger partial charge in [0.2, 0.25) is 0 Å². The van der Waals surface area contributed by atoms with Crippen LogP contribution in [-0.4, -0.2) is 45.2 Å². The summed E-state index contributed by atoms with van der Waals surface area (Å²) in [6, 6.07) is 7.41. The maximum Gasteiger partial charge on any atom is 0.305 e. The molecular weight excluding hydrogens is 372 g/mol. The van der Waals surface area contributed by atoms with Crippen LogP contribution >= 0.6 is 24.0 Å². The minimum Gasteiger partial charge on any atom is -0.481 e. The Morgan fingerprint density at radius 1 is 1.15 bits per heavy atom. The maximum atomic E-state index is 13.0. The number of benzene rings is 1. The predicted octanol–water partition coefficient (Wildman–Crippen LogP) is 2.88. The lowest BCUT2D eigenvalue weighted by atomic mass is 10.1. The zero-order valence-corrected chi connectivity index (χ0v) is 15.9. The van der Waals surface area contributed by atoms with E-state index in [0.717, 1.165) is 35.9 Å². The van der Waals surface area contributed by atoms with Gasteiger partial charge in [0.05, 0.1) is 22.6 Å². The Bertz CT molecular complexity index is 834. The summed E-state index contributed by atoms with van der Waals surface area (Å²) >= 11 is 6.31. The number of unbranched alkanes of at least 4 members (excludes halogenated alkanes) is 1. The van der Waals surface area contributed by atoms with Crippen LogP contribution < -0.4 is 4.90 Å². The van der Waals surface area contributed by atoms with Gasteiger partial charge >= 0.3 is 5.97 Å². The highest BCUT2D eigenvalue weighted by molar-refractivity contribution is 8.26. The lowest BCUT2D eigenvalue weighted by Gasteiger charge is -2.16. The third kappa shape index (κ3) is 3.26. The number of hydrogen-bond acceptors (Lipinski definition) is 5. The third-order valence-electron chi connectivity index (χ3n) is 4.28. The molecular formula is C18H18N2O4S2. The normalized spacial score (nSPS) is 19.5. The standard InChI is InChI=1S/C18H18N2O4S2/c1-2-3-9-19-12-7-5-4-6-11(12)14(16(19)23)15-17(24)20(18(25)26-15)10-8-13(21)22/h4-7H,2-3,8-10H2,1H3,(H,21,22)/b15-14+. The number of thiocarbonyl (C=S) groups is 1. The van der Waals surface area contributed by atoms with Gasteiger partial charge in [0, 0.05) is 18.7 Å². The number of para-hydroxylation sites is 1. The van der Waals surface area contributed by atoms with Crippen molar-refractivity contribution < 1.29 is 19.5 Å². The van der Waals surface area contributed by atoms with E-state index >= 15 is 0 Å². The number of rotatable bonds is 6. The molecule has 136 valence electrons. The van der Waals surface area contributed by atoms with E-state index in [2.05, 4.69) is 6.92 Å². The second-order valence-electron chi connectivity index (χ2n) is 6.00. The first-order valence-corrected chi connectivity index (χ1v) is 9.59. The molecule has 2 heterocycles. The number of anilines is 1. The summed E-state index contributed by atoms with van der Waals surface area (Å²) in [6.45, 7) is 2.66. The molecule has 0 bridgehead atoms. The van der Waals surface area contributed by atoms with Crippen molar-refractivity contribution in [2.24, 2.45) is 0 Å². The molecule has 0 radical (unpaired) electrons. The highest BCUT2D eigenvalue weighted by Crippen LogP contribution is 2.44. The summed E-state index contributed by atoms with van der Waals surface area (Å²) in [5.41, 5.74) is 1.90. The van der Waals surface area contributed by atoms with Crippen LogP contribution in [0.25, 0.3) is 5.57 Å². The van der Waals surface area contributed by atoms with E-state index < -0.39 is 11.9 Å². The van der Waals surface area contributed by atoms with Gasteiger partial charge in [-0.25, -0.2) is 0 Å². The molecule has 2 aliphatic heterocycles. The number of carboxylic acids is 1. The largest absolute Gasteiger partial charge is 0.481 e. The zero-order chi connectivity index (χ0) is 18.8. The first kappa shape index (κ1) is 18.6. The van der Waals surface area contributed by atoms with E-state index in [4.69, 9.17) is 17.3 Å². The summed E-state index contributed by atoms with van der Waals surface area (Å²) in [5.74, 6) is -1.59. The number of nitrogens with zero attached hydrogens (tertiary/aromatic N) is 2. The molecule has 2 aliphatic rings. The molecule has 1 N–H and O–H groups in total. The van der Waals surface area contributed by atoms with Crippen molar-refractivity contribution in [2.45, 2.75) is 26.2 Å². The average molecular weight is 390 g/mol. The van der Waals surface area contributed by atoms with Crippen LogP contribution in [0.2, 0.25) is 0 Å². The quantitative estimate of drug-likeness (QED) is 0.594. The zero-order valence-electron chi connectivity index (χ0n) is 14.2. The Hall–Kier alpha value is -2.19. The Kier molecular flexibility index (Phi) is 5.43. The van der Waals surface area contributed by atoms with Crippen LogP contribution in [0.3, 0.4) is 0 Å². The van der Waals surface area contributed by atoms with Crippen LogP contribution in [0.1, 0.15) is 31.7 Å². The number of carbonyl (C=O) groups excluding carboxylic acids is 2. The van der Waals surface area contributed by atoms with Gasteiger partial charge in [-0.2, -0.15) is 0 Å². The maximum absolute atomic E-state index is 13.0. The Balaban J connectivity index is 1.99. The van der Waals surface area contributed by atoms with Crippen LogP contribution in [0.15, 0.2) is 29.2 Å². The monoisotopic (exact) mass is 390 g/mol. The van der Waals surface area contributed by atoms with Gasteiger partial charge in [-0.05, 0) is 12.5 Å². The summed E-state index contributed by atoms with van der Waals surface area (Å²) in [7, 11) is 0. The molecule has 8 heteroatoms. The lowest BCUT2D eigenvalue weighted by molar-refractivity contribution is -0.137. The second-order valence-corrected chi connectivity index (χ2v) is 7.64. The fourth-order valence-corrected chi connectivity index (χ4v) is 4.37. The van der Waals surface area contributed by atoms with Gasteiger partial charge in [-0.15, -0.1) is 0 Å². The molecule has 26 heavy (non-hydrogen) atoms. The Labute approximate surface area is 160 Å². The van der Waals surface area contributed by atoms with Gasteiger partial charge in [0.1, 0.15) is 4.32 Å². The van der Waals surface area contributed by atoms with E-state index in [1.807, 2.05) is 24.3 Å². The summed E-state index contributed by atoms with van der Waals surface area (Å²) in [4.78, 5) is 39.9. The molecule has 0 aliphatic carbocycles. The van der Waals surface area contributed by atoms with Crippen LogP contribution in [0.4, 0.5) is 5.69 Å². The number of thioether (sulfide) groups is 1. The van der Waals surface area contributed by atoms with Crippen molar-refractivity contribution in [3.63, 3.8) is 0 Å². The predicted molar refractivity (Wildman–Crippen MR) is 105 cm³/mol.